The molecule has 2 aromatic rings. The number of aliphatic hydroxyl groups is 1. The molecule has 2 atom stereocenters. The van der Waals surface area contributed by atoms with Crippen molar-refractivity contribution in [3.05, 3.63) is 36.0 Å². The minimum atomic E-state index is -0.422. The molecular weight excluding hydrogens is 247 g/mol. The van der Waals surface area contributed by atoms with Crippen LogP contribution in [0.25, 0.3) is 11.4 Å². The van der Waals surface area contributed by atoms with Gasteiger partial charge in [0.2, 0.25) is 11.7 Å². The first-order chi connectivity index (χ1) is 9.24. The first-order valence-electron chi connectivity index (χ1n) is 6.51. The summed E-state index contributed by atoms with van der Waals surface area (Å²) in [6, 6.07) is 6.08. The van der Waals surface area contributed by atoms with Gasteiger partial charge >= 0.3 is 0 Å². The van der Waals surface area contributed by atoms with Gasteiger partial charge in [-0.15, -0.1) is 0 Å². The van der Waals surface area contributed by atoms with Crippen LogP contribution in [0.3, 0.4) is 0 Å². The Morgan fingerprint density at radius 1 is 1.26 bits per heavy atom. The van der Waals surface area contributed by atoms with Gasteiger partial charge in [0.1, 0.15) is 5.82 Å². The summed E-state index contributed by atoms with van der Waals surface area (Å²) in [5, 5.41) is 13.8. The van der Waals surface area contributed by atoms with Gasteiger partial charge in [-0.1, -0.05) is 30.1 Å². The van der Waals surface area contributed by atoms with Gasteiger partial charge in [-0.3, -0.25) is 0 Å². The molecule has 1 aromatic heterocycles. The largest absolute Gasteiger partial charge is 0.392 e. The van der Waals surface area contributed by atoms with Gasteiger partial charge in [-0.25, -0.2) is 4.39 Å². The molecule has 0 saturated heterocycles. The van der Waals surface area contributed by atoms with Crippen molar-refractivity contribution in [2.24, 2.45) is 0 Å². The van der Waals surface area contributed by atoms with Crippen molar-refractivity contribution >= 4 is 0 Å². The minimum Gasteiger partial charge on any atom is -0.392 e. The molecular formula is C14H15FN2O2. The average molecular weight is 262 g/mol. The summed E-state index contributed by atoms with van der Waals surface area (Å²) in [6.45, 7) is 0. The molecule has 19 heavy (non-hydrogen) atoms. The lowest BCUT2D eigenvalue weighted by molar-refractivity contribution is 0.0908. The van der Waals surface area contributed by atoms with Gasteiger partial charge in [-0.2, -0.15) is 4.98 Å². The third-order valence-corrected chi connectivity index (χ3v) is 3.57. The Kier molecular flexibility index (Phi) is 3.29. The second-order valence-corrected chi connectivity index (χ2v) is 4.92. The molecule has 5 heteroatoms. The van der Waals surface area contributed by atoms with E-state index in [9.17, 15) is 9.50 Å². The Morgan fingerprint density at radius 3 is 2.89 bits per heavy atom. The number of hydrogen-bond acceptors (Lipinski definition) is 4. The van der Waals surface area contributed by atoms with Gasteiger partial charge in [0.05, 0.1) is 12.0 Å². The zero-order valence-corrected chi connectivity index (χ0v) is 10.4. The van der Waals surface area contributed by atoms with Crippen molar-refractivity contribution in [1.82, 2.24) is 10.1 Å². The lowest BCUT2D eigenvalue weighted by Crippen LogP contribution is -2.22. The monoisotopic (exact) mass is 262 g/mol. The fraction of sp³-hybridized carbons (Fsp3) is 0.429. The zero-order chi connectivity index (χ0) is 13.2. The SMILES string of the molecule is OC1CCCCC1c1nc(-c2cccc(F)c2)no1. The summed E-state index contributed by atoms with van der Waals surface area (Å²) in [4.78, 5) is 4.29. The third kappa shape index (κ3) is 2.51. The van der Waals surface area contributed by atoms with Crippen LogP contribution in [-0.4, -0.2) is 21.4 Å². The number of benzene rings is 1. The first kappa shape index (κ1) is 12.3. The summed E-state index contributed by atoms with van der Waals surface area (Å²) in [7, 11) is 0. The summed E-state index contributed by atoms with van der Waals surface area (Å²) >= 11 is 0. The van der Waals surface area contributed by atoms with Crippen LogP contribution < -0.4 is 0 Å². The van der Waals surface area contributed by atoms with Crippen molar-refractivity contribution in [3.63, 3.8) is 0 Å². The standard InChI is InChI=1S/C14H15FN2O2/c15-10-5-3-4-9(8-10)13-16-14(19-17-13)11-6-1-2-7-12(11)18/h3-5,8,11-12,18H,1-2,6-7H2. The predicted molar refractivity (Wildman–Crippen MR) is 66.9 cm³/mol. The molecule has 1 aliphatic rings. The quantitative estimate of drug-likeness (QED) is 0.904. The van der Waals surface area contributed by atoms with E-state index in [0.29, 0.717) is 17.3 Å². The number of rotatable bonds is 2. The van der Waals surface area contributed by atoms with Crippen LogP contribution in [0.15, 0.2) is 28.8 Å². The van der Waals surface area contributed by atoms with Crippen molar-refractivity contribution in [1.29, 1.82) is 0 Å². The lowest BCUT2D eigenvalue weighted by Gasteiger charge is -2.24. The molecule has 0 spiro atoms. The number of halogens is 1. The van der Waals surface area contributed by atoms with Gasteiger partial charge in [0.15, 0.2) is 0 Å². The van der Waals surface area contributed by atoms with Crippen LogP contribution in [0.2, 0.25) is 0 Å². The van der Waals surface area contributed by atoms with Crippen LogP contribution in [0.1, 0.15) is 37.5 Å². The molecule has 1 N–H and O–H groups in total. The fourth-order valence-corrected chi connectivity index (χ4v) is 2.53. The van der Waals surface area contributed by atoms with Gasteiger partial charge in [0, 0.05) is 5.56 Å². The van der Waals surface area contributed by atoms with E-state index in [1.165, 1.54) is 12.1 Å². The molecule has 4 nitrogen and oxygen atoms in total. The molecule has 1 heterocycles. The van der Waals surface area contributed by atoms with Gasteiger partial charge < -0.3 is 9.63 Å². The highest BCUT2D eigenvalue weighted by Crippen LogP contribution is 2.33. The molecule has 1 fully saturated rings. The Labute approximate surface area is 110 Å². The minimum absolute atomic E-state index is 0.0939. The molecule has 1 saturated carbocycles. The zero-order valence-electron chi connectivity index (χ0n) is 10.4. The normalized spacial score (nSPS) is 23.5. The molecule has 2 unspecified atom stereocenters. The van der Waals surface area contributed by atoms with E-state index in [0.717, 1.165) is 25.7 Å². The topological polar surface area (TPSA) is 59.2 Å². The van der Waals surface area contributed by atoms with Gasteiger partial charge in [-0.05, 0) is 25.0 Å². The Balaban J connectivity index is 1.86. The number of aliphatic hydroxyl groups excluding tert-OH is 1. The number of hydrogen-bond donors (Lipinski definition) is 1. The molecule has 1 aromatic carbocycles. The molecule has 1 aliphatic carbocycles. The summed E-state index contributed by atoms with van der Waals surface area (Å²) in [5.74, 6) is 0.392. The summed E-state index contributed by atoms with van der Waals surface area (Å²) in [6.07, 6.45) is 3.28. The van der Waals surface area contributed by atoms with E-state index in [2.05, 4.69) is 10.1 Å². The summed E-state index contributed by atoms with van der Waals surface area (Å²) in [5.41, 5.74) is 0.584. The fourth-order valence-electron chi connectivity index (χ4n) is 2.53. The smallest absolute Gasteiger partial charge is 0.232 e. The van der Waals surface area contributed by atoms with Crippen LogP contribution in [0.5, 0.6) is 0 Å². The Hall–Kier alpha value is -1.75. The first-order valence-corrected chi connectivity index (χ1v) is 6.51. The molecule has 0 bridgehead atoms. The van der Waals surface area contributed by atoms with E-state index in [-0.39, 0.29) is 11.7 Å². The predicted octanol–water partition coefficient (Wildman–Crippen LogP) is 2.89. The second kappa shape index (κ2) is 5.09. The average Bonchev–Trinajstić information content (AvgIpc) is 2.89. The van der Waals surface area contributed by atoms with Crippen molar-refractivity contribution in [2.75, 3.05) is 0 Å². The third-order valence-electron chi connectivity index (χ3n) is 3.57. The molecule has 0 radical (unpaired) electrons. The van der Waals surface area contributed by atoms with Crippen LogP contribution in [0.4, 0.5) is 4.39 Å². The summed E-state index contributed by atoms with van der Waals surface area (Å²) < 4.78 is 18.4. The molecule has 3 rings (SSSR count). The van der Waals surface area contributed by atoms with Crippen LogP contribution in [0, 0.1) is 5.82 Å². The van der Waals surface area contributed by atoms with Crippen LogP contribution in [-0.2, 0) is 0 Å². The van der Waals surface area contributed by atoms with Crippen molar-refractivity contribution < 1.29 is 14.0 Å². The Bertz CT molecular complexity index is 570. The molecule has 0 amide bonds. The number of nitrogens with zero attached hydrogens (tertiary/aromatic N) is 2. The van der Waals surface area contributed by atoms with E-state index < -0.39 is 6.10 Å². The lowest BCUT2D eigenvalue weighted by atomic mass is 9.86. The highest BCUT2D eigenvalue weighted by molar-refractivity contribution is 5.53. The maximum atomic E-state index is 13.2. The molecule has 100 valence electrons. The van der Waals surface area contributed by atoms with Crippen molar-refractivity contribution in [2.45, 2.75) is 37.7 Å². The second-order valence-electron chi connectivity index (χ2n) is 4.92. The highest BCUT2D eigenvalue weighted by Gasteiger charge is 2.29. The number of aromatic nitrogens is 2. The maximum Gasteiger partial charge on any atom is 0.232 e. The van der Waals surface area contributed by atoms with E-state index in [4.69, 9.17) is 4.52 Å². The van der Waals surface area contributed by atoms with Gasteiger partial charge in [0.25, 0.3) is 0 Å². The van der Waals surface area contributed by atoms with E-state index >= 15 is 0 Å². The van der Waals surface area contributed by atoms with E-state index in [1.807, 2.05) is 0 Å². The van der Waals surface area contributed by atoms with E-state index in [1.54, 1.807) is 12.1 Å². The Morgan fingerprint density at radius 2 is 2.11 bits per heavy atom. The molecule has 0 aliphatic heterocycles. The highest BCUT2D eigenvalue weighted by atomic mass is 19.1. The van der Waals surface area contributed by atoms with Crippen LogP contribution >= 0.6 is 0 Å². The maximum absolute atomic E-state index is 13.2. The van der Waals surface area contributed by atoms with Crippen molar-refractivity contribution in [3.8, 4) is 11.4 Å².